The zero-order valence-electron chi connectivity index (χ0n) is 13.4. The lowest BCUT2D eigenvalue weighted by molar-refractivity contribution is -0.148. The van der Waals surface area contributed by atoms with E-state index in [2.05, 4.69) is 12.2 Å². The number of ether oxygens (including phenoxy) is 1. The molecule has 0 saturated carbocycles. The Morgan fingerprint density at radius 3 is 2.38 bits per heavy atom. The molecular formula is C15H28N2O4. The summed E-state index contributed by atoms with van der Waals surface area (Å²) < 4.78 is 5.22. The van der Waals surface area contributed by atoms with Crippen molar-refractivity contribution in [3.05, 3.63) is 0 Å². The van der Waals surface area contributed by atoms with Crippen LogP contribution in [0.4, 0.5) is 4.79 Å². The molecule has 1 aliphatic rings. The van der Waals surface area contributed by atoms with Crippen LogP contribution in [-0.2, 0) is 9.53 Å². The van der Waals surface area contributed by atoms with E-state index >= 15 is 0 Å². The highest BCUT2D eigenvalue weighted by Gasteiger charge is 2.42. The number of urea groups is 1. The van der Waals surface area contributed by atoms with Crippen LogP contribution < -0.4 is 5.32 Å². The first-order valence-corrected chi connectivity index (χ1v) is 7.83. The molecule has 0 radical (unpaired) electrons. The summed E-state index contributed by atoms with van der Waals surface area (Å²) in [7, 11) is 0. The maximum absolute atomic E-state index is 12.5. The third-order valence-corrected chi connectivity index (χ3v) is 3.99. The van der Waals surface area contributed by atoms with E-state index < -0.39 is 11.5 Å². The van der Waals surface area contributed by atoms with Gasteiger partial charge in [-0.3, -0.25) is 0 Å². The van der Waals surface area contributed by atoms with E-state index in [1.54, 1.807) is 4.90 Å². The van der Waals surface area contributed by atoms with Crippen molar-refractivity contribution in [1.82, 2.24) is 10.2 Å². The molecule has 122 valence electrons. The van der Waals surface area contributed by atoms with Gasteiger partial charge < -0.3 is 20.1 Å². The van der Waals surface area contributed by atoms with E-state index in [-0.39, 0.29) is 12.1 Å². The maximum Gasteiger partial charge on any atom is 0.329 e. The van der Waals surface area contributed by atoms with Gasteiger partial charge in [-0.2, -0.15) is 0 Å². The lowest BCUT2D eigenvalue weighted by atomic mass is 9.90. The highest BCUT2D eigenvalue weighted by Crippen LogP contribution is 2.22. The molecule has 0 atom stereocenters. The van der Waals surface area contributed by atoms with Gasteiger partial charge in [0.05, 0.1) is 0 Å². The first-order chi connectivity index (χ1) is 9.93. The molecule has 21 heavy (non-hydrogen) atoms. The number of hydrogen-bond donors (Lipinski definition) is 2. The van der Waals surface area contributed by atoms with E-state index in [9.17, 15) is 14.7 Å². The predicted octanol–water partition coefficient (Wildman–Crippen LogP) is 2.23. The number of carbonyl (C=O) groups is 2. The number of nitrogens with one attached hydrogen (secondary N) is 1. The molecule has 0 aromatic heterocycles. The second-order valence-corrected chi connectivity index (χ2v) is 5.92. The molecule has 1 rings (SSSR count). The van der Waals surface area contributed by atoms with Gasteiger partial charge in [0.25, 0.3) is 0 Å². The number of nitrogens with zero attached hydrogens (tertiary/aromatic N) is 1. The van der Waals surface area contributed by atoms with Crippen LogP contribution >= 0.6 is 0 Å². The molecule has 6 heteroatoms. The largest absolute Gasteiger partial charge is 0.480 e. The Balaban J connectivity index is 2.71. The summed E-state index contributed by atoms with van der Waals surface area (Å²) in [5.41, 5.74) is -1.19. The van der Waals surface area contributed by atoms with Gasteiger partial charge in [-0.15, -0.1) is 0 Å². The maximum atomic E-state index is 12.5. The molecule has 0 unspecified atom stereocenters. The molecule has 6 nitrogen and oxygen atoms in total. The van der Waals surface area contributed by atoms with Crippen LogP contribution in [0.5, 0.6) is 0 Å². The van der Waals surface area contributed by atoms with Crippen molar-refractivity contribution in [3.63, 3.8) is 0 Å². The summed E-state index contributed by atoms with van der Waals surface area (Å²) in [5, 5.41) is 12.2. The fraction of sp³-hybridized carbons (Fsp3) is 0.867. The number of carboxylic acids is 1. The quantitative estimate of drug-likeness (QED) is 0.707. The number of carboxylic acid groups (broad SMARTS) is 1. The molecule has 2 amide bonds. The van der Waals surface area contributed by atoms with Crippen LogP contribution in [0.3, 0.4) is 0 Å². The first-order valence-electron chi connectivity index (χ1n) is 7.83. The monoisotopic (exact) mass is 300 g/mol. The van der Waals surface area contributed by atoms with Gasteiger partial charge in [0.1, 0.15) is 5.54 Å². The minimum Gasteiger partial charge on any atom is -0.480 e. The van der Waals surface area contributed by atoms with Crippen molar-refractivity contribution in [2.24, 2.45) is 0 Å². The van der Waals surface area contributed by atoms with E-state index in [0.717, 1.165) is 19.3 Å². The number of hydrogen-bond acceptors (Lipinski definition) is 3. The number of carbonyl (C=O) groups excluding carboxylic acids is 1. The van der Waals surface area contributed by atoms with Gasteiger partial charge in [-0.25, -0.2) is 9.59 Å². The molecule has 1 saturated heterocycles. The summed E-state index contributed by atoms with van der Waals surface area (Å²) in [6.45, 7) is 7.39. The summed E-state index contributed by atoms with van der Waals surface area (Å²) in [6.07, 6.45) is 3.72. The summed E-state index contributed by atoms with van der Waals surface area (Å²) >= 11 is 0. The van der Waals surface area contributed by atoms with E-state index in [4.69, 9.17) is 4.74 Å². The van der Waals surface area contributed by atoms with Crippen LogP contribution in [0.25, 0.3) is 0 Å². The second-order valence-electron chi connectivity index (χ2n) is 5.92. The fourth-order valence-corrected chi connectivity index (χ4v) is 2.52. The standard InChI is InChI=1S/C15H28N2O4/c1-4-5-6-9-17(12(2)3)14(20)16-15(13(18)19)7-10-21-11-8-15/h12H,4-11H2,1-3H3,(H,16,20)(H,18,19). The van der Waals surface area contributed by atoms with Gasteiger partial charge >= 0.3 is 12.0 Å². The normalized spacial score (nSPS) is 17.5. The third-order valence-electron chi connectivity index (χ3n) is 3.99. The van der Waals surface area contributed by atoms with Crippen molar-refractivity contribution in [3.8, 4) is 0 Å². The van der Waals surface area contributed by atoms with Crippen molar-refractivity contribution in [2.75, 3.05) is 19.8 Å². The molecule has 0 aromatic rings. The average molecular weight is 300 g/mol. The van der Waals surface area contributed by atoms with Crippen LogP contribution in [0.2, 0.25) is 0 Å². The Kier molecular flexibility index (Phi) is 6.95. The zero-order valence-corrected chi connectivity index (χ0v) is 13.4. The predicted molar refractivity (Wildman–Crippen MR) is 80.3 cm³/mol. The molecule has 1 heterocycles. The number of amides is 2. The molecule has 0 aliphatic carbocycles. The van der Waals surface area contributed by atoms with E-state index in [1.807, 2.05) is 13.8 Å². The fourth-order valence-electron chi connectivity index (χ4n) is 2.52. The van der Waals surface area contributed by atoms with Gasteiger partial charge in [0, 0.05) is 38.6 Å². The Bertz CT molecular complexity index is 352. The van der Waals surface area contributed by atoms with Crippen molar-refractivity contribution < 1.29 is 19.4 Å². The van der Waals surface area contributed by atoms with Crippen LogP contribution in [0.1, 0.15) is 52.9 Å². The van der Waals surface area contributed by atoms with Gasteiger partial charge in [-0.1, -0.05) is 19.8 Å². The third kappa shape index (κ3) is 4.88. The molecule has 1 fully saturated rings. The Labute approximate surface area is 126 Å². The van der Waals surface area contributed by atoms with Gasteiger partial charge in [-0.05, 0) is 20.3 Å². The Morgan fingerprint density at radius 1 is 1.29 bits per heavy atom. The number of aliphatic carboxylic acids is 1. The Morgan fingerprint density at radius 2 is 1.90 bits per heavy atom. The van der Waals surface area contributed by atoms with E-state index in [0.29, 0.717) is 32.6 Å². The first kappa shape index (κ1) is 17.8. The minimum absolute atomic E-state index is 0.0486. The summed E-state index contributed by atoms with van der Waals surface area (Å²) in [6, 6.07) is -0.238. The molecule has 1 aliphatic heterocycles. The lowest BCUT2D eigenvalue weighted by Gasteiger charge is -2.37. The number of rotatable bonds is 7. The van der Waals surface area contributed by atoms with Crippen molar-refractivity contribution >= 4 is 12.0 Å². The molecule has 0 bridgehead atoms. The second kappa shape index (κ2) is 8.22. The lowest BCUT2D eigenvalue weighted by Crippen LogP contribution is -2.61. The van der Waals surface area contributed by atoms with Crippen LogP contribution in [0, 0.1) is 0 Å². The van der Waals surface area contributed by atoms with E-state index in [1.165, 1.54) is 0 Å². The molecular weight excluding hydrogens is 272 g/mol. The van der Waals surface area contributed by atoms with Gasteiger partial charge in [0.15, 0.2) is 0 Å². The SMILES string of the molecule is CCCCCN(C(=O)NC1(C(=O)O)CCOCC1)C(C)C. The highest BCUT2D eigenvalue weighted by molar-refractivity contribution is 5.86. The smallest absolute Gasteiger partial charge is 0.329 e. The molecule has 0 aromatic carbocycles. The highest BCUT2D eigenvalue weighted by atomic mass is 16.5. The van der Waals surface area contributed by atoms with Crippen molar-refractivity contribution in [1.29, 1.82) is 0 Å². The zero-order chi connectivity index (χ0) is 15.9. The minimum atomic E-state index is -1.19. The summed E-state index contributed by atoms with van der Waals surface area (Å²) in [5.74, 6) is -0.976. The Hall–Kier alpha value is -1.30. The number of unbranched alkanes of at least 4 members (excludes halogenated alkanes) is 2. The summed E-state index contributed by atoms with van der Waals surface area (Å²) in [4.78, 5) is 25.8. The van der Waals surface area contributed by atoms with Crippen molar-refractivity contribution in [2.45, 2.75) is 64.5 Å². The van der Waals surface area contributed by atoms with Crippen LogP contribution in [-0.4, -0.2) is 53.3 Å². The van der Waals surface area contributed by atoms with Crippen LogP contribution in [0.15, 0.2) is 0 Å². The average Bonchev–Trinajstić information content (AvgIpc) is 2.43. The molecule has 0 spiro atoms. The topological polar surface area (TPSA) is 78.9 Å². The van der Waals surface area contributed by atoms with Gasteiger partial charge in [0.2, 0.25) is 0 Å². The molecule has 2 N–H and O–H groups in total.